The van der Waals surface area contributed by atoms with E-state index in [4.69, 9.17) is 21.4 Å². The minimum Gasteiger partial charge on any atom is -0.336 e. The predicted molar refractivity (Wildman–Crippen MR) is 69.7 cm³/mol. The van der Waals surface area contributed by atoms with E-state index in [-0.39, 0.29) is 5.78 Å². The number of para-hydroxylation sites is 1. The Kier molecular flexibility index (Phi) is 4.25. The highest BCUT2D eigenvalue weighted by Crippen LogP contribution is 2.42. The van der Waals surface area contributed by atoms with Gasteiger partial charge in [-0.05, 0) is 25.8 Å². The highest BCUT2D eigenvalue weighted by molar-refractivity contribution is 6.19. The number of Topliss-reactive ketones (excluding diaryl/α,β-unsaturated/α-hetero) is 1. The van der Waals surface area contributed by atoms with E-state index in [1.807, 2.05) is 31.2 Å². The van der Waals surface area contributed by atoms with Gasteiger partial charge in [0.15, 0.2) is 5.75 Å². The van der Waals surface area contributed by atoms with Crippen LogP contribution in [0.1, 0.15) is 38.2 Å². The number of carbonyl (C=O) groups is 1. The van der Waals surface area contributed by atoms with Gasteiger partial charge in [0.2, 0.25) is 0 Å². The van der Waals surface area contributed by atoms with Crippen LogP contribution < -0.4 is 4.89 Å². The quantitative estimate of drug-likeness (QED) is 0.584. The molecule has 4 heteroatoms. The molecule has 18 heavy (non-hydrogen) atoms. The Balaban J connectivity index is 1.92. The molecule has 0 saturated heterocycles. The standard InChI is InChI=1S/C14H17ClO3/c1-14(9-4-5-11(16)8-10-15)12-6-2-3-7-13(12)17-18-14/h2-3,6-7H,4-5,8-10H2,1H3. The molecule has 1 atom stereocenters. The van der Waals surface area contributed by atoms with Crippen molar-refractivity contribution in [2.75, 3.05) is 5.88 Å². The summed E-state index contributed by atoms with van der Waals surface area (Å²) < 4.78 is 0. The highest BCUT2D eigenvalue weighted by atomic mass is 35.5. The Morgan fingerprint density at radius 2 is 2.11 bits per heavy atom. The van der Waals surface area contributed by atoms with Crippen molar-refractivity contribution in [3.05, 3.63) is 29.8 Å². The third-order valence-corrected chi connectivity index (χ3v) is 3.44. The maximum absolute atomic E-state index is 11.4. The molecule has 1 aromatic carbocycles. The second-order valence-electron chi connectivity index (χ2n) is 4.72. The summed E-state index contributed by atoms with van der Waals surface area (Å²) in [7, 11) is 0. The molecule has 1 heterocycles. The van der Waals surface area contributed by atoms with E-state index in [1.165, 1.54) is 0 Å². The summed E-state index contributed by atoms with van der Waals surface area (Å²) >= 11 is 5.53. The van der Waals surface area contributed by atoms with E-state index in [0.717, 1.165) is 24.2 Å². The number of ketones is 1. The van der Waals surface area contributed by atoms with Crippen LogP contribution in [0.15, 0.2) is 24.3 Å². The van der Waals surface area contributed by atoms with Crippen LogP contribution in [-0.2, 0) is 15.3 Å². The fourth-order valence-corrected chi connectivity index (χ4v) is 2.40. The second kappa shape index (κ2) is 5.72. The molecule has 0 bridgehead atoms. The van der Waals surface area contributed by atoms with Crippen molar-refractivity contribution < 1.29 is 14.6 Å². The minimum absolute atomic E-state index is 0.209. The number of hydrogen-bond acceptors (Lipinski definition) is 3. The highest BCUT2D eigenvalue weighted by Gasteiger charge is 2.38. The Bertz CT molecular complexity index is 433. The van der Waals surface area contributed by atoms with E-state index < -0.39 is 5.60 Å². The summed E-state index contributed by atoms with van der Waals surface area (Å²) in [6.07, 6.45) is 2.54. The van der Waals surface area contributed by atoms with Crippen LogP contribution in [0.25, 0.3) is 0 Å². The average molecular weight is 269 g/mol. The van der Waals surface area contributed by atoms with Crippen molar-refractivity contribution >= 4 is 17.4 Å². The van der Waals surface area contributed by atoms with Crippen molar-refractivity contribution in [1.29, 1.82) is 0 Å². The molecule has 0 fully saturated rings. The predicted octanol–water partition coefficient (Wildman–Crippen LogP) is 3.59. The van der Waals surface area contributed by atoms with Crippen LogP contribution in [0.4, 0.5) is 0 Å². The van der Waals surface area contributed by atoms with Crippen LogP contribution in [0.2, 0.25) is 0 Å². The maximum Gasteiger partial charge on any atom is 0.171 e. The molecule has 3 nitrogen and oxygen atoms in total. The lowest BCUT2D eigenvalue weighted by atomic mass is 9.90. The summed E-state index contributed by atoms with van der Waals surface area (Å²) in [5, 5.41) is 0. The van der Waals surface area contributed by atoms with Gasteiger partial charge in [0.25, 0.3) is 0 Å². The first-order chi connectivity index (χ1) is 8.65. The molecule has 0 N–H and O–H groups in total. The number of rotatable bonds is 6. The molecule has 98 valence electrons. The van der Waals surface area contributed by atoms with Crippen LogP contribution in [0, 0.1) is 0 Å². The Morgan fingerprint density at radius 1 is 1.33 bits per heavy atom. The summed E-state index contributed by atoms with van der Waals surface area (Å²) in [6.45, 7) is 1.99. The van der Waals surface area contributed by atoms with Crippen molar-refractivity contribution in [2.45, 2.75) is 38.2 Å². The van der Waals surface area contributed by atoms with Crippen molar-refractivity contribution in [3.63, 3.8) is 0 Å². The van der Waals surface area contributed by atoms with Crippen LogP contribution in [-0.4, -0.2) is 11.7 Å². The Labute approximate surface area is 112 Å². The van der Waals surface area contributed by atoms with Crippen molar-refractivity contribution in [1.82, 2.24) is 0 Å². The minimum atomic E-state index is -0.447. The lowest BCUT2D eigenvalue weighted by Gasteiger charge is -2.20. The van der Waals surface area contributed by atoms with E-state index >= 15 is 0 Å². The molecule has 0 spiro atoms. The number of alkyl halides is 1. The molecule has 0 aliphatic carbocycles. The Morgan fingerprint density at radius 3 is 2.89 bits per heavy atom. The molecule has 0 aromatic heterocycles. The van der Waals surface area contributed by atoms with Gasteiger partial charge >= 0.3 is 0 Å². The van der Waals surface area contributed by atoms with Gasteiger partial charge in [-0.15, -0.1) is 11.6 Å². The summed E-state index contributed by atoms with van der Waals surface area (Å²) in [5.41, 5.74) is 0.604. The van der Waals surface area contributed by atoms with Gasteiger partial charge in [0.05, 0.1) is 0 Å². The summed E-state index contributed by atoms with van der Waals surface area (Å²) in [4.78, 5) is 22.0. The third kappa shape index (κ3) is 2.85. The average Bonchev–Trinajstić information content (AvgIpc) is 2.69. The molecular formula is C14H17ClO3. The van der Waals surface area contributed by atoms with Crippen molar-refractivity contribution in [3.8, 4) is 5.75 Å². The fraction of sp³-hybridized carbons (Fsp3) is 0.500. The topological polar surface area (TPSA) is 35.5 Å². The number of benzene rings is 1. The van der Waals surface area contributed by atoms with Gasteiger partial charge in [0, 0.05) is 24.3 Å². The lowest BCUT2D eigenvalue weighted by Crippen LogP contribution is -2.21. The molecule has 1 unspecified atom stereocenters. The zero-order chi connectivity index (χ0) is 13.0. The molecule has 0 amide bonds. The first kappa shape index (κ1) is 13.4. The molecule has 1 aliphatic rings. The zero-order valence-corrected chi connectivity index (χ0v) is 11.2. The smallest absolute Gasteiger partial charge is 0.171 e. The second-order valence-corrected chi connectivity index (χ2v) is 5.10. The third-order valence-electron chi connectivity index (χ3n) is 3.25. The molecule has 2 rings (SSSR count). The van der Waals surface area contributed by atoms with Gasteiger partial charge in [-0.3, -0.25) is 4.79 Å². The fourth-order valence-electron chi connectivity index (χ4n) is 2.19. The lowest BCUT2D eigenvalue weighted by molar-refractivity contribution is -0.269. The molecule has 1 aliphatic heterocycles. The van der Waals surface area contributed by atoms with E-state index in [1.54, 1.807) is 0 Å². The van der Waals surface area contributed by atoms with Gasteiger partial charge < -0.3 is 4.89 Å². The number of halogens is 1. The first-order valence-electron chi connectivity index (χ1n) is 6.18. The van der Waals surface area contributed by atoms with Gasteiger partial charge in [-0.1, -0.05) is 18.2 Å². The van der Waals surface area contributed by atoms with Gasteiger partial charge in [0.1, 0.15) is 11.4 Å². The molecule has 0 radical (unpaired) electrons. The van der Waals surface area contributed by atoms with Crippen molar-refractivity contribution in [2.24, 2.45) is 0 Å². The summed E-state index contributed by atoms with van der Waals surface area (Å²) in [5.74, 6) is 1.38. The van der Waals surface area contributed by atoms with Gasteiger partial charge in [-0.2, -0.15) is 4.89 Å². The zero-order valence-electron chi connectivity index (χ0n) is 10.4. The molecule has 1 aromatic rings. The largest absolute Gasteiger partial charge is 0.336 e. The van der Waals surface area contributed by atoms with Crippen LogP contribution in [0.3, 0.4) is 0 Å². The summed E-state index contributed by atoms with van der Waals surface area (Å²) in [6, 6.07) is 7.77. The monoisotopic (exact) mass is 268 g/mol. The molecular weight excluding hydrogens is 252 g/mol. The van der Waals surface area contributed by atoms with Crippen LogP contribution in [0.5, 0.6) is 5.75 Å². The van der Waals surface area contributed by atoms with E-state index in [2.05, 4.69) is 0 Å². The van der Waals surface area contributed by atoms with Gasteiger partial charge in [-0.25, -0.2) is 0 Å². The maximum atomic E-state index is 11.4. The SMILES string of the molecule is CC1(CCCC(=O)CCCl)OOc2ccccc21. The number of carbonyl (C=O) groups excluding carboxylic acids is 1. The normalized spacial score (nSPS) is 21.4. The van der Waals surface area contributed by atoms with Crippen LogP contribution >= 0.6 is 11.6 Å². The van der Waals surface area contributed by atoms with E-state index in [0.29, 0.717) is 18.7 Å². The Hall–Kier alpha value is -1.06. The number of hydrogen-bond donors (Lipinski definition) is 0. The molecule has 0 saturated carbocycles. The number of fused-ring (bicyclic) bond motifs is 1. The first-order valence-corrected chi connectivity index (χ1v) is 6.72. The van der Waals surface area contributed by atoms with E-state index in [9.17, 15) is 4.79 Å².